The van der Waals surface area contributed by atoms with Crippen LogP contribution in [0, 0.1) is 13.8 Å². The summed E-state index contributed by atoms with van der Waals surface area (Å²) in [6, 6.07) is 0. The molecular weight excluding hydrogens is 318 g/mol. The Hall–Kier alpha value is -2.51. The van der Waals surface area contributed by atoms with E-state index in [-0.39, 0.29) is 0 Å². The highest BCUT2D eigenvalue weighted by molar-refractivity contribution is 5.54. The summed E-state index contributed by atoms with van der Waals surface area (Å²) >= 11 is 0. The first-order chi connectivity index (χ1) is 12.2. The van der Waals surface area contributed by atoms with Gasteiger partial charge in [0.2, 0.25) is 5.89 Å². The topological polar surface area (TPSA) is 85.2 Å². The van der Waals surface area contributed by atoms with Gasteiger partial charge in [0.15, 0.2) is 5.82 Å². The molecule has 4 heterocycles. The first-order valence-electron chi connectivity index (χ1n) is 8.96. The third-order valence-corrected chi connectivity index (χ3v) is 5.42. The summed E-state index contributed by atoms with van der Waals surface area (Å²) in [5.41, 5.74) is 2.16. The molecule has 8 heteroatoms. The molecule has 0 amide bonds. The van der Waals surface area contributed by atoms with Crippen molar-refractivity contribution >= 4 is 11.6 Å². The molecule has 0 spiro atoms. The molecule has 1 saturated carbocycles. The first kappa shape index (κ1) is 14.8. The predicted molar refractivity (Wildman–Crippen MR) is 90.7 cm³/mol. The summed E-state index contributed by atoms with van der Waals surface area (Å²) in [6.07, 6.45) is 5.97. The fraction of sp³-hybridized carbons (Fsp3) is 0.588. The highest BCUT2D eigenvalue weighted by Gasteiger charge is 2.32. The standard InChI is InChI=1S/C17H21N7O/c1-10-11(2)20-17-18-9-19-24(17)16(10)23-7-5-12(6-8-23)14-21-15(25-22-14)13-3-4-13/h9,12-13H,3-8H2,1-2H3. The Morgan fingerprint density at radius 2 is 1.84 bits per heavy atom. The van der Waals surface area contributed by atoms with Crippen molar-refractivity contribution < 1.29 is 4.52 Å². The number of anilines is 1. The van der Waals surface area contributed by atoms with Crippen LogP contribution >= 0.6 is 0 Å². The van der Waals surface area contributed by atoms with Crippen LogP contribution in [0.15, 0.2) is 10.9 Å². The largest absolute Gasteiger partial charge is 0.356 e. The minimum Gasteiger partial charge on any atom is -0.356 e. The average Bonchev–Trinajstić information content (AvgIpc) is 3.17. The minimum atomic E-state index is 0.377. The van der Waals surface area contributed by atoms with E-state index in [1.165, 1.54) is 12.8 Å². The van der Waals surface area contributed by atoms with Crippen LogP contribution in [0.1, 0.15) is 60.5 Å². The number of fused-ring (bicyclic) bond motifs is 1. The highest BCUT2D eigenvalue weighted by atomic mass is 16.5. The van der Waals surface area contributed by atoms with Crippen LogP contribution in [-0.2, 0) is 0 Å². The van der Waals surface area contributed by atoms with Crippen molar-refractivity contribution in [3.63, 3.8) is 0 Å². The van der Waals surface area contributed by atoms with Crippen molar-refractivity contribution in [1.29, 1.82) is 0 Å². The Labute approximate surface area is 145 Å². The number of aromatic nitrogens is 6. The number of hydrogen-bond acceptors (Lipinski definition) is 7. The van der Waals surface area contributed by atoms with E-state index in [2.05, 4.69) is 37.0 Å². The van der Waals surface area contributed by atoms with Gasteiger partial charge in [-0.2, -0.15) is 19.6 Å². The molecule has 1 aliphatic heterocycles. The lowest BCUT2D eigenvalue weighted by molar-refractivity contribution is 0.364. The van der Waals surface area contributed by atoms with E-state index >= 15 is 0 Å². The Bertz CT molecular complexity index is 918. The maximum absolute atomic E-state index is 5.43. The number of nitrogens with zero attached hydrogens (tertiary/aromatic N) is 7. The van der Waals surface area contributed by atoms with Gasteiger partial charge in [0.25, 0.3) is 5.78 Å². The quantitative estimate of drug-likeness (QED) is 0.724. The Kier molecular flexibility index (Phi) is 3.26. The lowest BCUT2D eigenvalue weighted by Crippen LogP contribution is -2.35. The lowest BCUT2D eigenvalue weighted by Gasteiger charge is -2.33. The number of rotatable bonds is 3. The smallest absolute Gasteiger partial charge is 0.254 e. The van der Waals surface area contributed by atoms with Gasteiger partial charge in [0.05, 0.1) is 0 Å². The van der Waals surface area contributed by atoms with E-state index in [0.29, 0.717) is 17.6 Å². The minimum absolute atomic E-state index is 0.377. The van der Waals surface area contributed by atoms with Crippen molar-refractivity contribution in [3.8, 4) is 0 Å². The van der Waals surface area contributed by atoms with Gasteiger partial charge < -0.3 is 9.42 Å². The van der Waals surface area contributed by atoms with Gasteiger partial charge in [-0.1, -0.05) is 5.16 Å². The van der Waals surface area contributed by atoms with Crippen LogP contribution in [0.3, 0.4) is 0 Å². The molecule has 1 aliphatic carbocycles. The molecule has 25 heavy (non-hydrogen) atoms. The maximum atomic E-state index is 5.43. The first-order valence-corrected chi connectivity index (χ1v) is 8.96. The molecule has 5 rings (SSSR count). The van der Waals surface area contributed by atoms with Crippen molar-refractivity contribution in [2.45, 2.75) is 51.4 Å². The predicted octanol–water partition coefficient (Wildman–Crippen LogP) is 2.39. The van der Waals surface area contributed by atoms with Gasteiger partial charge in [0.1, 0.15) is 12.1 Å². The SMILES string of the molecule is Cc1nc2ncnn2c(N2CCC(c3noc(C4CC4)n3)CC2)c1C. The van der Waals surface area contributed by atoms with Crippen molar-refractivity contribution in [2.24, 2.45) is 0 Å². The zero-order chi connectivity index (χ0) is 17.0. The molecule has 1 saturated heterocycles. The van der Waals surface area contributed by atoms with E-state index in [4.69, 9.17) is 4.52 Å². The molecular formula is C17H21N7O. The van der Waals surface area contributed by atoms with Crippen molar-refractivity contribution in [1.82, 2.24) is 29.7 Å². The van der Waals surface area contributed by atoms with E-state index in [0.717, 1.165) is 54.7 Å². The molecule has 0 bridgehead atoms. The number of aryl methyl sites for hydroxylation is 1. The second kappa shape index (κ2) is 5.50. The monoisotopic (exact) mass is 339 g/mol. The Balaban J connectivity index is 1.38. The van der Waals surface area contributed by atoms with Crippen LogP contribution in [-0.4, -0.2) is 42.8 Å². The molecule has 3 aromatic heterocycles. The van der Waals surface area contributed by atoms with Gasteiger partial charge in [-0.05, 0) is 39.5 Å². The Morgan fingerprint density at radius 3 is 2.60 bits per heavy atom. The molecule has 8 nitrogen and oxygen atoms in total. The average molecular weight is 339 g/mol. The molecule has 0 atom stereocenters. The van der Waals surface area contributed by atoms with E-state index < -0.39 is 0 Å². The molecule has 0 radical (unpaired) electrons. The normalized spacial score (nSPS) is 19.0. The summed E-state index contributed by atoms with van der Waals surface area (Å²) in [5, 5.41) is 8.59. The fourth-order valence-corrected chi connectivity index (χ4v) is 3.65. The zero-order valence-corrected chi connectivity index (χ0v) is 14.5. The Morgan fingerprint density at radius 1 is 1.04 bits per heavy atom. The van der Waals surface area contributed by atoms with Gasteiger partial charge in [-0.3, -0.25) is 0 Å². The molecule has 2 fully saturated rings. The third-order valence-electron chi connectivity index (χ3n) is 5.42. The van der Waals surface area contributed by atoms with Crippen LogP contribution in [0.2, 0.25) is 0 Å². The summed E-state index contributed by atoms with van der Waals surface area (Å²) in [4.78, 5) is 15.8. The van der Waals surface area contributed by atoms with Crippen LogP contribution < -0.4 is 4.90 Å². The second-order valence-corrected chi connectivity index (χ2v) is 7.14. The molecule has 0 unspecified atom stereocenters. The zero-order valence-electron chi connectivity index (χ0n) is 14.5. The van der Waals surface area contributed by atoms with E-state index in [1.54, 1.807) is 6.33 Å². The van der Waals surface area contributed by atoms with Gasteiger partial charge in [-0.15, -0.1) is 0 Å². The summed E-state index contributed by atoms with van der Waals surface area (Å²) < 4.78 is 7.28. The van der Waals surface area contributed by atoms with Crippen molar-refractivity contribution in [3.05, 3.63) is 29.3 Å². The van der Waals surface area contributed by atoms with Gasteiger partial charge in [-0.25, -0.2) is 4.98 Å². The fourth-order valence-electron chi connectivity index (χ4n) is 3.65. The maximum Gasteiger partial charge on any atom is 0.254 e. The van der Waals surface area contributed by atoms with Gasteiger partial charge >= 0.3 is 0 Å². The second-order valence-electron chi connectivity index (χ2n) is 7.14. The molecule has 0 aromatic carbocycles. The van der Waals surface area contributed by atoms with Crippen LogP contribution in [0.25, 0.3) is 5.78 Å². The summed E-state index contributed by atoms with van der Waals surface area (Å²) in [6.45, 7) is 6.01. The number of piperidine rings is 1. The number of hydrogen-bond donors (Lipinski definition) is 0. The summed E-state index contributed by atoms with van der Waals surface area (Å²) in [5.74, 6) is 4.38. The van der Waals surface area contributed by atoms with E-state index in [9.17, 15) is 0 Å². The highest BCUT2D eigenvalue weighted by Crippen LogP contribution is 2.40. The van der Waals surface area contributed by atoms with Crippen LogP contribution in [0.4, 0.5) is 5.82 Å². The molecule has 0 N–H and O–H groups in total. The molecule has 3 aromatic rings. The van der Waals surface area contributed by atoms with Crippen LogP contribution in [0.5, 0.6) is 0 Å². The van der Waals surface area contributed by atoms with E-state index in [1.807, 2.05) is 11.4 Å². The lowest BCUT2D eigenvalue weighted by atomic mass is 9.96. The van der Waals surface area contributed by atoms with Crippen molar-refractivity contribution in [2.75, 3.05) is 18.0 Å². The molecule has 130 valence electrons. The molecule has 2 aliphatic rings. The summed E-state index contributed by atoms with van der Waals surface area (Å²) in [7, 11) is 0. The van der Waals surface area contributed by atoms with Gasteiger partial charge in [0, 0.05) is 36.2 Å². The third kappa shape index (κ3) is 2.47.